The third kappa shape index (κ3) is 3.08. The van der Waals surface area contributed by atoms with Crippen molar-refractivity contribution < 1.29 is 9.53 Å². The van der Waals surface area contributed by atoms with E-state index in [1.807, 2.05) is 24.8 Å². The molecular weight excluding hydrogens is 336 g/mol. The van der Waals surface area contributed by atoms with E-state index < -0.39 is 0 Å². The highest BCUT2D eigenvalue weighted by Crippen LogP contribution is 2.52. The van der Waals surface area contributed by atoms with Gasteiger partial charge in [-0.1, -0.05) is 30.3 Å². The maximum atomic E-state index is 13.1. The number of benzene rings is 2. The molecule has 2 bridgehead atoms. The summed E-state index contributed by atoms with van der Waals surface area (Å²) in [5.74, 6) is 0.559. The summed E-state index contributed by atoms with van der Waals surface area (Å²) in [4.78, 5) is 15.0. The Kier molecular flexibility index (Phi) is 4.39. The molecule has 0 aromatic heterocycles. The monoisotopic (exact) mass is 360 g/mol. The summed E-state index contributed by atoms with van der Waals surface area (Å²) in [5, 5.41) is 9.41. The molecule has 1 amide bonds. The lowest BCUT2D eigenvalue weighted by molar-refractivity contribution is -0.00433. The molecule has 2 aliphatic heterocycles. The van der Waals surface area contributed by atoms with Gasteiger partial charge in [0.05, 0.1) is 11.7 Å². The molecule has 2 aromatic rings. The van der Waals surface area contributed by atoms with E-state index in [1.54, 1.807) is 18.2 Å². The van der Waals surface area contributed by atoms with Gasteiger partial charge in [0.2, 0.25) is 0 Å². The summed E-state index contributed by atoms with van der Waals surface area (Å²) in [5.41, 5.74) is 2.63. The van der Waals surface area contributed by atoms with Crippen LogP contribution in [-0.2, 0) is 5.41 Å². The summed E-state index contributed by atoms with van der Waals surface area (Å²) >= 11 is 0. The standard InChI is InChI=1S/C23H24N2O2/c1-16(2)27-21-9-8-17(12-18(21)15-24)22(26)25-11-10-23(13-20(25)14-23)19-6-4-3-5-7-19/h3-9,12,16,20H,10-11,13-14H2,1-2H3. The SMILES string of the molecule is CC(C)Oc1ccc(C(=O)N2CCC3(c4ccccc4)CC2C3)cc1C#N. The number of hydrogen-bond donors (Lipinski definition) is 0. The molecule has 3 fully saturated rings. The van der Waals surface area contributed by atoms with Crippen LogP contribution in [0.15, 0.2) is 48.5 Å². The van der Waals surface area contributed by atoms with Gasteiger partial charge in [0.25, 0.3) is 5.91 Å². The summed E-state index contributed by atoms with van der Waals surface area (Å²) in [6.45, 7) is 4.61. The van der Waals surface area contributed by atoms with Crippen molar-refractivity contribution in [2.24, 2.45) is 0 Å². The van der Waals surface area contributed by atoms with Crippen LogP contribution in [0, 0.1) is 11.3 Å². The van der Waals surface area contributed by atoms with E-state index in [0.29, 0.717) is 22.9 Å². The first-order valence-electron chi connectivity index (χ1n) is 9.60. The quantitative estimate of drug-likeness (QED) is 0.817. The average Bonchev–Trinajstić information content (AvgIpc) is 2.67. The molecule has 2 saturated heterocycles. The predicted molar refractivity (Wildman–Crippen MR) is 104 cm³/mol. The number of nitrogens with zero attached hydrogens (tertiary/aromatic N) is 2. The van der Waals surface area contributed by atoms with Gasteiger partial charge in [-0.25, -0.2) is 0 Å². The van der Waals surface area contributed by atoms with Crippen molar-refractivity contribution in [3.8, 4) is 11.8 Å². The predicted octanol–water partition coefficient (Wildman–Crippen LogP) is 4.29. The van der Waals surface area contributed by atoms with Crippen LogP contribution in [0.2, 0.25) is 0 Å². The van der Waals surface area contributed by atoms with E-state index >= 15 is 0 Å². The van der Waals surface area contributed by atoms with Crippen LogP contribution in [-0.4, -0.2) is 29.5 Å². The summed E-state index contributed by atoms with van der Waals surface area (Å²) in [7, 11) is 0. The summed E-state index contributed by atoms with van der Waals surface area (Å²) in [6, 6.07) is 18.3. The highest BCUT2D eigenvalue weighted by atomic mass is 16.5. The fourth-order valence-electron chi connectivity index (χ4n) is 4.50. The minimum Gasteiger partial charge on any atom is -0.490 e. The first-order valence-corrected chi connectivity index (χ1v) is 9.60. The Morgan fingerprint density at radius 2 is 1.96 bits per heavy atom. The van der Waals surface area contributed by atoms with Crippen molar-refractivity contribution in [1.82, 2.24) is 4.90 Å². The van der Waals surface area contributed by atoms with Gasteiger partial charge in [-0.05, 0) is 56.9 Å². The molecule has 2 heterocycles. The zero-order valence-corrected chi connectivity index (χ0v) is 15.8. The minimum absolute atomic E-state index is 0.0122. The lowest BCUT2D eigenvalue weighted by Gasteiger charge is -2.58. The number of rotatable bonds is 4. The molecule has 0 atom stereocenters. The van der Waals surface area contributed by atoms with E-state index in [0.717, 1.165) is 25.8 Å². The van der Waals surface area contributed by atoms with E-state index in [9.17, 15) is 10.1 Å². The molecule has 1 saturated carbocycles. The maximum Gasteiger partial charge on any atom is 0.254 e. The lowest BCUT2D eigenvalue weighted by atomic mass is 9.57. The highest BCUT2D eigenvalue weighted by molar-refractivity contribution is 5.95. The molecule has 138 valence electrons. The Labute approximate surface area is 160 Å². The number of hydrogen-bond acceptors (Lipinski definition) is 3. The van der Waals surface area contributed by atoms with Crippen LogP contribution >= 0.6 is 0 Å². The molecule has 4 heteroatoms. The number of fused-ring (bicyclic) bond motifs is 2. The molecule has 0 radical (unpaired) electrons. The Bertz CT molecular complexity index is 887. The van der Waals surface area contributed by atoms with E-state index in [-0.39, 0.29) is 17.4 Å². The van der Waals surface area contributed by atoms with Crippen molar-refractivity contribution in [3.05, 3.63) is 65.2 Å². The molecule has 27 heavy (non-hydrogen) atoms. The Hall–Kier alpha value is -2.80. The van der Waals surface area contributed by atoms with Crippen LogP contribution in [0.3, 0.4) is 0 Å². The number of ether oxygens (including phenoxy) is 1. The van der Waals surface area contributed by atoms with Gasteiger partial charge in [0, 0.05) is 23.6 Å². The fourth-order valence-corrected chi connectivity index (χ4v) is 4.50. The van der Waals surface area contributed by atoms with Gasteiger partial charge < -0.3 is 9.64 Å². The van der Waals surface area contributed by atoms with Crippen LogP contribution < -0.4 is 4.74 Å². The molecule has 5 rings (SSSR count). The molecule has 3 aliphatic rings. The Balaban J connectivity index is 1.50. The highest BCUT2D eigenvalue weighted by Gasteiger charge is 2.52. The van der Waals surface area contributed by atoms with Crippen LogP contribution in [0.25, 0.3) is 0 Å². The number of carbonyl (C=O) groups excluding carboxylic acids is 1. The second-order valence-electron chi connectivity index (χ2n) is 7.95. The first kappa shape index (κ1) is 17.6. The van der Waals surface area contributed by atoms with E-state index in [1.165, 1.54) is 5.56 Å². The topological polar surface area (TPSA) is 53.3 Å². The molecule has 1 aliphatic carbocycles. The maximum absolute atomic E-state index is 13.1. The second kappa shape index (κ2) is 6.74. The fraction of sp³-hybridized carbons (Fsp3) is 0.391. The van der Waals surface area contributed by atoms with Crippen molar-refractivity contribution >= 4 is 5.91 Å². The van der Waals surface area contributed by atoms with Gasteiger partial charge in [0.15, 0.2) is 0 Å². The van der Waals surface area contributed by atoms with Gasteiger partial charge >= 0.3 is 0 Å². The van der Waals surface area contributed by atoms with Crippen molar-refractivity contribution in [2.45, 2.75) is 50.7 Å². The summed E-state index contributed by atoms with van der Waals surface area (Å²) < 4.78 is 5.66. The molecule has 2 aromatic carbocycles. The Morgan fingerprint density at radius 3 is 2.56 bits per heavy atom. The number of nitriles is 1. The van der Waals surface area contributed by atoms with Crippen molar-refractivity contribution in [1.29, 1.82) is 5.26 Å². The second-order valence-corrected chi connectivity index (χ2v) is 7.95. The van der Waals surface area contributed by atoms with Crippen LogP contribution in [0.5, 0.6) is 5.75 Å². The average molecular weight is 360 g/mol. The number of amides is 1. The third-order valence-corrected chi connectivity index (χ3v) is 5.88. The van der Waals surface area contributed by atoms with Gasteiger partial charge in [-0.15, -0.1) is 0 Å². The largest absolute Gasteiger partial charge is 0.490 e. The Morgan fingerprint density at radius 1 is 1.22 bits per heavy atom. The van der Waals surface area contributed by atoms with Crippen LogP contribution in [0.4, 0.5) is 0 Å². The minimum atomic E-state index is -0.0122. The van der Waals surface area contributed by atoms with Crippen molar-refractivity contribution in [2.75, 3.05) is 6.54 Å². The van der Waals surface area contributed by atoms with Crippen LogP contribution in [0.1, 0.15) is 54.6 Å². The molecule has 4 nitrogen and oxygen atoms in total. The summed E-state index contributed by atoms with van der Waals surface area (Å²) in [6.07, 6.45) is 3.05. The van der Waals surface area contributed by atoms with E-state index in [2.05, 4.69) is 30.3 Å². The molecule has 0 N–H and O–H groups in total. The zero-order valence-electron chi connectivity index (χ0n) is 15.8. The number of piperidine rings is 2. The molecule has 0 unspecified atom stereocenters. The molecule has 0 spiro atoms. The molecular formula is C23H24N2O2. The normalized spacial score (nSPS) is 23.5. The lowest BCUT2D eigenvalue weighted by Crippen LogP contribution is -2.61. The van der Waals surface area contributed by atoms with Gasteiger partial charge in [-0.3, -0.25) is 4.79 Å². The third-order valence-electron chi connectivity index (χ3n) is 5.88. The smallest absolute Gasteiger partial charge is 0.254 e. The van der Waals surface area contributed by atoms with Crippen molar-refractivity contribution in [3.63, 3.8) is 0 Å². The number of carbonyl (C=O) groups is 1. The van der Waals surface area contributed by atoms with Gasteiger partial charge in [0.1, 0.15) is 11.8 Å². The van der Waals surface area contributed by atoms with Gasteiger partial charge in [-0.2, -0.15) is 5.26 Å². The van der Waals surface area contributed by atoms with E-state index in [4.69, 9.17) is 4.74 Å². The first-order chi connectivity index (χ1) is 13.0. The zero-order chi connectivity index (χ0) is 19.0.